The molecule has 9 heteroatoms. The van der Waals surface area contributed by atoms with E-state index in [-0.39, 0.29) is 28.7 Å². The summed E-state index contributed by atoms with van der Waals surface area (Å²) in [7, 11) is 0. The molecular formula is C20H18F4N4O. The van der Waals surface area contributed by atoms with Crippen LogP contribution in [0, 0.1) is 12.7 Å². The molecule has 1 aromatic carbocycles. The molecule has 0 aliphatic carbocycles. The number of fused-ring (bicyclic) bond motifs is 1. The fourth-order valence-corrected chi connectivity index (χ4v) is 3.70. The van der Waals surface area contributed by atoms with Gasteiger partial charge in [-0.15, -0.1) is 0 Å². The number of amides is 1. The summed E-state index contributed by atoms with van der Waals surface area (Å²) >= 11 is 0. The topological polar surface area (TPSA) is 50.5 Å². The highest BCUT2D eigenvalue weighted by molar-refractivity contribution is 5.94. The number of nitrogens with zero attached hydrogens (tertiary/aromatic N) is 4. The Morgan fingerprint density at radius 1 is 1.14 bits per heavy atom. The van der Waals surface area contributed by atoms with Gasteiger partial charge >= 0.3 is 6.18 Å². The maximum absolute atomic E-state index is 13.9. The first-order chi connectivity index (χ1) is 13.7. The van der Waals surface area contributed by atoms with Crippen molar-refractivity contribution < 1.29 is 22.4 Å². The summed E-state index contributed by atoms with van der Waals surface area (Å²) in [6, 6.07) is 8.35. The van der Waals surface area contributed by atoms with Gasteiger partial charge in [0, 0.05) is 30.8 Å². The van der Waals surface area contributed by atoms with Crippen molar-refractivity contribution in [3.05, 3.63) is 64.9 Å². The Labute approximate surface area is 164 Å². The summed E-state index contributed by atoms with van der Waals surface area (Å²) in [4.78, 5) is 18.2. The van der Waals surface area contributed by atoms with Gasteiger partial charge in [-0.1, -0.05) is 12.1 Å². The average molecular weight is 406 g/mol. The number of aryl methyl sites for hydroxylation is 1. The lowest BCUT2D eigenvalue weighted by molar-refractivity contribution is -0.142. The number of piperidine rings is 1. The second-order valence-corrected chi connectivity index (χ2v) is 7.17. The highest BCUT2D eigenvalue weighted by atomic mass is 19.4. The molecule has 0 atom stereocenters. The fourth-order valence-electron chi connectivity index (χ4n) is 3.70. The second kappa shape index (κ2) is 7.13. The van der Waals surface area contributed by atoms with Gasteiger partial charge in [-0.25, -0.2) is 13.9 Å². The number of aromatic nitrogens is 3. The minimum Gasteiger partial charge on any atom is -0.339 e. The van der Waals surface area contributed by atoms with Gasteiger partial charge in [0.2, 0.25) is 0 Å². The molecular weight excluding hydrogens is 388 g/mol. The van der Waals surface area contributed by atoms with Crippen molar-refractivity contribution in [2.24, 2.45) is 0 Å². The van der Waals surface area contributed by atoms with E-state index in [1.54, 1.807) is 17.0 Å². The molecule has 4 rings (SSSR count). The van der Waals surface area contributed by atoms with Crippen molar-refractivity contribution in [3.8, 4) is 0 Å². The number of halogens is 4. The maximum Gasteiger partial charge on any atom is 0.433 e. The molecule has 0 radical (unpaired) electrons. The molecule has 1 aliphatic rings. The predicted molar refractivity (Wildman–Crippen MR) is 97.0 cm³/mol. The third kappa shape index (κ3) is 3.68. The Kier molecular flexibility index (Phi) is 4.76. The van der Waals surface area contributed by atoms with Crippen LogP contribution in [0.3, 0.4) is 0 Å². The number of carbonyl (C=O) groups excluding carboxylic acids is 1. The molecule has 0 spiro atoms. The fraction of sp³-hybridized carbons (Fsp3) is 0.350. The highest BCUT2D eigenvalue weighted by Crippen LogP contribution is 2.32. The van der Waals surface area contributed by atoms with Crippen molar-refractivity contribution in [2.45, 2.75) is 31.9 Å². The Hall–Kier alpha value is -2.97. The smallest absolute Gasteiger partial charge is 0.339 e. The van der Waals surface area contributed by atoms with Crippen LogP contribution in [0.1, 0.15) is 46.2 Å². The van der Waals surface area contributed by atoms with Gasteiger partial charge in [0.15, 0.2) is 5.65 Å². The molecule has 5 nitrogen and oxygen atoms in total. The zero-order valence-electron chi connectivity index (χ0n) is 15.6. The molecule has 1 amide bonds. The normalized spacial score (nSPS) is 15.8. The third-order valence-electron chi connectivity index (χ3n) is 5.17. The average Bonchev–Trinajstić information content (AvgIpc) is 3.10. The standard InChI is InChI=1S/C20H18F4N4O/c1-12-10-17(20(22,23)24)28-18(25-12)11-16(26-28)13-6-8-27(9-7-13)19(29)14-4-2-3-5-15(14)21/h2-5,10-11,13H,6-9H2,1H3. The van der Waals surface area contributed by atoms with E-state index in [2.05, 4.69) is 10.1 Å². The van der Waals surface area contributed by atoms with E-state index in [1.165, 1.54) is 25.1 Å². The molecule has 2 aromatic heterocycles. The van der Waals surface area contributed by atoms with Crippen LogP contribution >= 0.6 is 0 Å². The van der Waals surface area contributed by atoms with Gasteiger partial charge in [0.1, 0.15) is 11.5 Å². The minimum atomic E-state index is -4.54. The summed E-state index contributed by atoms with van der Waals surface area (Å²) in [5.41, 5.74) is 0.0944. The minimum absolute atomic E-state index is 0.0215. The molecule has 0 bridgehead atoms. The largest absolute Gasteiger partial charge is 0.433 e. The Balaban J connectivity index is 1.54. The van der Waals surface area contributed by atoms with E-state index in [9.17, 15) is 22.4 Å². The number of alkyl halides is 3. The van der Waals surface area contributed by atoms with Crippen LogP contribution in [0.25, 0.3) is 5.65 Å². The van der Waals surface area contributed by atoms with Crippen molar-refractivity contribution in [1.82, 2.24) is 19.5 Å². The number of likely N-dealkylation sites (tertiary alicyclic amines) is 1. The van der Waals surface area contributed by atoms with E-state index < -0.39 is 17.7 Å². The first-order valence-corrected chi connectivity index (χ1v) is 9.22. The number of hydrogen-bond acceptors (Lipinski definition) is 3. The van der Waals surface area contributed by atoms with E-state index in [0.717, 1.165) is 10.6 Å². The molecule has 29 heavy (non-hydrogen) atoms. The number of carbonyl (C=O) groups is 1. The molecule has 3 heterocycles. The van der Waals surface area contributed by atoms with Crippen molar-refractivity contribution in [3.63, 3.8) is 0 Å². The van der Waals surface area contributed by atoms with Crippen molar-refractivity contribution in [2.75, 3.05) is 13.1 Å². The van der Waals surface area contributed by atoms with Crippen LogP contribution in [0.5, 0.6) is 0 Å². The molecule has 1 saturated heterocycles. The summed E-state index contributed by atoms with van der Waals surface area (Å²) in [6.07, 6.45) is -3.47. The second-order valence-electron chi connectivity index (χ2n) is 7.17. The summed E-state index contributed by atoms with van der Waals surface area (Å²) in [6.45, 7) is 2.27. The van der Waals surface area contributed by atoms with E-state index >= 15 is 0 Å². The van der Waals surface area contributed by atoms with Gasteiger partial charge in [-0.3, -0.25) is 4.79 Å². The summed E-state index contributed by atoms with van der Waals surface area (Å²) < 4.78 is 54.7. The molecule has 152 valence electrons. The van der Waals surface area contributed by atoms with Gasteiger partial charge in [0.05, 0.1) is 11.3 Å². The molecule has 0 saturated carbocycles. The van der Waals surface area contributed by atoms with Crippen LogP contribution in [0.4, 0.5) is 17.6 Å². The highest BCUT2D eigenvalue weighted by Gasteiger charge is 2.35. The summed E-state index contributed by atoms with van der Waals surface area (Å²) in [5, 5.41) is 4.16. The lowest BCUT2D eigenvalue weighted by Crippen LogP contribution is -2.38. The van der Waals surface area contributed by atoms with Gasteiger partial charge in [-0.05, 0) is 38.0 Å². The molecule has 0 N–H and O–H groups in total. The van der Waals surface area contributed by atoms with Crippen LogP contribution < -0.4 is 0 Å². The van der Waals surface area contributed by atoms with Crippen LogP contribution in [-0.2, 0) is 6.18 Å². The summed E-state index contributed by atoms with van der Waals surface area (Å²) in [5.74, 6) is -1.04. The Bertz CT molecular complexity index is 1070. The van der Waals surface area contributed by atoms with Crippen LogP contribution in [-0.4, -0.2) is 38.5 Å². The van der Waals surface area contributed by atoms with Gasteiger partial charge in [-0.2, -0.15) is 18.3 Å². The quantitative estimate of drug-likeness (QED) is 0.599. The zero-order valence-corrected chi connectivity index (χ0v) is 15.6. The van der Waals surface area contributed by atoms with Crippen molar-refractivity contribution in [1.29, 1.82) is 0 Å². The Morgan fingerprint density at radius 2 is 1.83 bits per heavy atom. The van der Waals surface area contributed by atoms with Gasteiger partial charge < -0.3 is 4.90 Å². The van der Waals surface area contributed by atoms with Crippen LogP contribution in [0.15, 0.2) is 36.4 Å². The lowest BCUT2D eigenvalue weighted by Gasteiger charge is -2.31. The number of benzene rings is 1. The first kappa shape index (κ1) is 19.4. The van der Waals surface area contributed by atoms with Gasteiger partial charge in [0.25, 0.3) is 5.91 Å². The lowest BCUT2D eigenvalue weighted by atomic mass is 9.93. The molecule has 1 aliphatic heterocycles. The predicted octanol–water partition coefficient (Wildman–Crippen LogP) is 4.22. The van der Waals surface area contributed by atoms with Crippen LogP contribution in [0.2, 0.25) is 0 Å². The van der Waals surface area contributed by atoms with E-state index in [1.807, 2.05) is 0 Å². The zero-order chi connectivity index (χ0) is 20.8. The number of rotatable bonds is 2. The van der Waals surface area contributed by atoms with Crippen molar-refractivity contribution >= 4 is 11.6 Å². The first-order valence-electron chi connectivity index (χ1n) is 9.22. The molecule has 1 fully saturated rings. The molecule has 0 unspecified atom stereocenters. The van der Waals surface area contributed by atoms with E-state index in [4.69, 9.17) is 0 Å². The Morgan fingerprint density at radius 3 is 2.48 bits per heavy atom. The monoisotopic (exact) mass is 406 g/mol. The third-order valence-corrected chi connectivity index (χ3v) is 5.17. The maximum atomic E-state index is 13.9. The molecule has 3 aromatic rings. The SMILES string of the molecule is Cc1cc(C(F)(F)F)n2nc(C3CCN(C(=O)c4ccccc4F)CC3)cc2n1. The van der Waals surface area contributed by atoms with E-state index in [0.29, 0.717) is 31.6 Å². The number of hydrogen-bond donors (Lipinski definition) is 0.